The second-order valence-corrected chi connectivity index (χ2v) is 6.51. The molecule has 0 fully saturated rings. The first-order chi connectivity index (χ1) is 11.6. The lowest BCUT2D eigenvalue weighted by atomic mass is 10.1. The second kappa shape index (κ2) is 6.69. The summed E-state index contributed by atoms with van der Waals surface area (Å²) in [6, 6.07) is 13.7. The number of hydrogen-bond acceptors (Lipinski definition) is 4. The number of rotatable bonds is 6. The van der Waals surface area contributed by atoms with Gasteiger partial charge in [-0.2, -0.15) is 5.26 Å². The standard InChI is InChI=1S/C18H14N2O3S/c19-10-15-4-5-17(24-15)13-2-1-12-7-8-20(16(12)9-13)11-14(21)3-6-18(22)23/h1-2,4-5,7-9H,3,6,11H2,(H,22,23). The first-order valence-electron chi connectivity index (χ1n) is 7.39. The number of Topliss-reactive ketones (excluding diaryl/α,β-unsaturated/α-hetero) is 1. The van der Waals surface area contributed by atoms with Crippen molar-refractivity contribution in [2.75, 3.05) is 0 Å². The van der Waals surface area contributed by atoms with Crippen LogP contribution in [-0.4, -0.2) is 21.4 Å². The number of carboxylic acid groups (broad SMARTS) is 1. The van der Waals surface area contributed by atoms with E-state index in [-0.39, 0.29) is 25.2 Å². The molecule has 0 aliphatic carbocycles. The molecule has 0 bridgehead atoms. The number of carbonyl (C=O) groups excluding carboxylic acids is 1. The zero-order chi connectivity index (χ0) is 17.1. The summed E-state index contributed by atoms with van der Waals surface area (Å²) in [5, 5.41) is 18.6. The Hall–Kier alpha value is -2.91. The Balaban J connectivity index is 1.87. The van der Waals surface area contributed by atoms with Crippen LogP contribution in [0.15, 0.2) is 42.6 Å². The van der Waals surface area contributed by atoms with Gasteiger partial charge in [0.05, 0.1) is 13.0 Å². The number of carboxylic acids is 1. The molecule has 0 saturated carbocycles. The minimum atomic E-state index is -0.964. The highest BCUT2D eigenvalue weighted by molar-refractivity contribution is 7.16. The van der Waals surface area contributed by atoms with Crippen molar-refractivity contribution in [2.24, 2.45) is 0 Å². The Kier molecular flexibility index (Phi) is 4.45. The lowest BCUT2D eigenvalue weighted by Crippen LogP contribution is -2.10. The molecule has 0 atom stereocenters. The van der Waals surface area contributed by atoms with Crippen molar-refractivity contribution in [3.8, 4) is 16.5 Å². The highest BCUT2D eigenvalue weighted by Gasteiger charge is 2.10. The van der Waals surface area contributed by atoms with Crippen molar-refractivity contribution < 1.29 is 14.7 Å². The molecule has 0 unspecified atom stereocenters. The van der Waals surface area contributed by atoms with Gasteiger partial charge in [-0.15, -0.1) is 11.3 Å². The van der Waals surface area contributed by atoms with Gasteiger partial charge in [0.2, 0.25) is 0 Å². The molecule has 0 radical (unpaired) electrons. The number of benzene rings is 1. The van der Waals surface area contributed by atoms with Crippen molar-refractivity contribution in [3.63, 3.8) is 0 Å². The summed E-state index contributed by atoms with van der Waals surface area (Å²) >= 11 is 1.43. The Morgan fingerprint density at radius 1 is 1.17 bits per heavy atom. The highest BCUT2D eigenvalue weighted by Crippen LogP contribution is 2.30. The van der Waals surface area contributed by atoms with Crippen LogP contribution in [0.5, 0.6) is 0 Å². The van der Waals surface area contributed by atoms with Crippen LogP contribution in [0.4, 0.5) is 0 Å². The minimum Gasteiger partial charge on any atom is -0.481 e. The summed E-state index contributed by atoms with van der Waals surface area (Å²) in [6.45, 7) is 0.161. The summed E-state index contributed by atoms with van der Waals surface area (Å²) in [6.07, 6.45) is 1.73. The number of nitrogens with zero attached hydrogens (tertiary/aromatic N) is 2. The van der Waals surface area contributed by atoms with Gasteiger partial charge in [-0.1, -0.05) is 12.1 Å². The molecule has 120 valence electrons. The van der Waals surface area contributed by atoms with Gasteiger partial charge in [0, 0.05) is 23.0 Å². The zero-order valence-corrected chi connectivity index (χ0v) is 13.5. The fraction of sp³-hybridized carbons (Fsp3) is 0.167. The van der Waals surface area contributed by atoms with Crippen LogP contribution in [0.3, 0.4) is 0 Å². The van der Waals surface area contributed by atoms with Gasteiger partial charge in [0.1, 0.15) is 10.9 Å². The van der Waals surface area contributed by atoms with Crippen molar-refractivity contribution in [1.29, 1.82) is 5.26 Å². The molecule has 0 aliphatic rings. The Bertz CT molecular complexity index is 962. The van der Waals surface area contributed by atoms with Gasteiger partial charge in [0.15, 0.2) is 5.78 Å². The largest absolute Gasteiger partial charge is 0.481 e. The van der Waals surface area contributed by atoms with E-state index in [4.69, 9.17) is 10.4 Å². The molecule has 0 saturated heterocycles. The summed E-state index contributed by atoms with van der Waals surface area (Å²) < 4.78 is 1.84. The summed E-state index contributed by atoms with van der Waals surface area (Å²) in [7, 11) is 0. The van der Waals surface area contributed by atoms with E-state index in [2.05, 4.69) is 6.07 Å². The van der Waals surface area contributed by atoms with E-state index in [1.807, 2.05) is 41.1 Å². The predicted molar refractivity (Wildman–Crippen MR) is 91.8 cm³/mol. The van der Waals surface area contributed by atoms with E-state index in [1.165, 1.54) is 11.3 Å². The molecule has 5 nitrogen and oxygen atoms in total. The first-order valence-corrected chi connectivity index (χ1v) is 8.21. The van der Waals surface area contributed by atoms with E-state index in [0.29, 0.717) is 4.88 Å². The Morgan fingerprint density at radius 3 is 2.71 bits per heavy atom. The monoisotopic (exact) mass is 338 g/mol. The van der Waals surface area contributed by atoms with Crippen LogP contribution in [0.2, 0.25) is 0 Å². The minimum absolute atomic E-state index is 0.0329. The normalized spacial score (nSPS) is 10.6. The van der Waals surface area contributed by atoms with Crippen LogP contribution in [0, 0.1) is 11.3 Å². The molecule has 1 aromatic carbocycles. The van der Waals surface area contributed by atoms with Gasteiger partial charge in [-0.25, -0.2) is 0 Å². The van der Waals surface area contributed by atoms with E-state index in [9.17, 15) is 9.59 Å². The first kappa shape index (κ1) is 16.0. The van der Waals surface area contributed by atoms with E-state index in [1.54, 1.807) is 6.07 Å². The van der Waals surface area contributed by atoms with E-state index >= 15 is 0 Å². The molecule has 24 heavy (non-hydrogen) atoms. The number of thiophene rings is 1. The average Bonchev–Trinajstić information content (AvgIpc) is 3.20. The smallest absolute Gasteiger partial charge is 0.303 e. The summed E-state index contributed by atoms with van der Waals surface area (Å²) in [4.78, 5) is 24.2. The lowest BCUT2D eigenvalue weighted by Gasteiger charge is -2.06. The number of carbonyl (C=O) groups is 2. The van der Waals surface area contributed by atoms with Crippen molar-refractivity contribution in [1.82, 2.24) is 4.57 Å². The number of ketones is 1. The fourth-order valence-electron chi connectivity index (χ4n) is 2.54. The van der Waals surface area contributed by atoms with Gasteiger partial charge >= 0.3 is 5.97 Å². The molecular weight excluding hydrogens is 324 g/mol. The topological polar surface area (TPSA) is 83.1 Å². The molecule has 0 spiro atoms. The van der Waals surface area contributed by atoms with E-state index < -0.39 is 5.97 Å². The number of aliphatic carboxylic acids is 1. The SMILES string of the molecule is N#Cc1ccc(-c2ccc3ccn(CC(=O)CCC(=O)O)c3c2)s1. The molecule has 2 aromatic heterocycles. The molecule has 0 aliphatic heterocycles. The second-order valence-electron chi connectivity index (χ2n) is 5.43. The van der Waals surface area contributed by atoms with Crippen LogP contribution in [0.25, 0.3) is 21.3 Å². The predicted octanol–water partition coefficient (Wildman–Crippen LogP) is 3.68. The van der Waals surface area contributed by atoms with Crippen LogP contribution < -0.4 is 0 Å². The van der Waals surface area contributed by atoms with Gasteiger partial charge in [-0.05, 0) is 35.2 Å². The van der Waals surface area contributed by atoms with Crippen molar-refractivity contribution >= 4 is 34.0 Å². The number of fused-ring (bicyclic) bond motifs is 1. The van der Waals surface area contributed by atoms with Gasteiger partial charge < -0.3 is 9.67 Å². The molecule has 3 rings (SSSR count). The molecule has 1 N–H and O–H groups in total. The van der Waals surface area contributed by atoms with Crippen LogP contribution in [0.1, 0.15) is 17.7 Å². The fourth-order valence-corrected chi connectivity index (χ4v) is 3.34. The maximum absolute atomic E-state index is 11.9. The highest BCUT2D eigenvalue weighted by atomic mass is 32.1. The number of aromatic nitrogens is 1. The Morgan fingerprint density at radius 2 is 2.00 bits per heavy atom. The third-order valence-electron chi connectivity index (χ3n) is 3.74. The average molecular weight is 338 g/mol. The van der Waals surface area contributed by atoms with Crippen molar-refractivity contribution in [3.05, 3.63) is 47.5 Å². The molecule has 0 amide bonds. The Labute approximate surface area is 142 Å². The quantitative estimate of drug-likeness (QED) is 0.743. The molecule has 3 aromatic rings. The summed E-state index contributed by atoms with van der Waals surface area (Å²) in [5.74, 6) is -1.07. The lowest BCUT2D eigenvalue weighted by molar-refractivity contribution is -0.138. The van der Waals surface area contributed by atoms with Crippen LogP contribution in [-0.2, 0) is 16.1 Å². The zero-order valence-electron chi connectivity index (χ0n) is 12.7. The van der Waals surface area contributed by atoms with Gasteiger partial charge in [-0.3, -0.25) is 9.59 Å². The molecule has 2 heterocycles. The third-order valence-corrected chi connectivity index (χ3v) is 4.78. The number of nitriles is 1. The van der Waals surface area contributed by atoms with Gasteiger partial charge in [0.25, 0.3) is 0 Å². The van der Waals surface area contributed by atoms with E-state index in [0.717, 1.165) is 21.3 Å². The van der Waals surface area contributed by atoms with Crippen LogP contribution >= 0.6 is 11.3 Å². The third kappa shape index (κ3) is 3.36. The van der Waals surface area contributed by atoms with Crippen molar-refractivity contribution in [2.45, 2.75) is 19.4 Å². The maximum Gasteiger partial charge on any atom is 0.303 e. The summed E-state index contributed by atoms with van der Waals surface area (Å²) in [5.41, 5.74) is 1.91. The molecular formula is C18H14N2O3S. The maximum atomic E-state index is 11.9. The molecule has 6 heteroatoms. The number of hydrogen-bond donors (Lipinski definition) is 1.